The van der Waals surface area contributed by atoms with Gasteiger partial charge in [0.15, 0.2) is 0 Å². The van der Waals surface area contributed by atoms with Crippen LogP contribution in [0.25, 0.3) is 11.0 Å². The maximum absolute atomic E-state index is 6.16. The maximum atomic E-state index is 6.16. The number of nitrogens with two attached hydrogens (primary N) is 2. The fourth-order valence-corrected chi connectivity index (χ4v) is 2.83. The predicted octanol–water partition coefficient (Wildman–Crippen LogP) is 3.10. The highest BCUT2D eigenvalue weighted by Crippen LogP contribution is 2.40. The number of anilines is 2. The van der Waals surface area contributed by atoms with Gasteiger partial charge in [0.1, 0.15) is 11.0 Å². The van der Waals surface area contributed by atoms with Gasteiger partial charge in [-0.2, -0.15) is 8.75 Å². The molecule has 0 bridgehead atoms. The van der Waals surface area contributed by atoms with Crippen molar-refractivity contribution in [3.63, 3.8) is 0 Å². The number of aromatic nitrogens is 2. The second-order valence-corrected chi connectivity index (χ2v) is 5.45. The number of hydrogen-bond donors (Lipinski definition) is 2. The fraction of sp³-hybridized carbons (Fsp3) is 0.500. The number of hydrogen-bond acceptors (Lipinski definition) is 5. The first kappa shape index (κ1) is 12.1. The van der Waals surface area contributed by atoms with Gasteiger partial charge in [-0.25, -0.2) is 0 Å². The summed E-state index contributed by atoms with van der Waals surface area (Å²) in [6, 6.07) is 0. The average molecular weight is 250 g/mol. The zero-order chi connectivity index (χ0) is 12.7. The molecular weight excluding hydrogens is 232 g/mol. The lowest BCUT2D eigenvalue weighted by molar-refractivity contribution is 0.862. The molecular formula is C12H18N4S. The molecule has 1 aromatic heterocycles. The monoisotopic (exact) mass is 250 g/mol. The molecule has 0 saturated carbocycles. The summed E-state index contributed by atoms with van der Waals surface area (Å²) in [6.45, 7) is 8.38. The van der Waals surface area contributed by atoms with Gasteiger partial charge in [-0.15, -0.1) is 0 Å². The Balaban J connectivity index is 2.92. The number of nitrogens with zero attached hydrogens (tertiary/aromatic N) is 2. The Hall–Kier alpha value is -1.36. The van der Waals surface area contributed by atoms with E-state index in [1.807, 2.05) is 0 Å². The van der Waals surface area contributed by atoms with Crippen molar-refractivity contribution in [1.29, 1.82) is 0 Å². The second-order valence-electron chi connectivity index (χ2n) is 4.93. The van der Waals surface area contributed by atoms with Gasteiger partial charge in [-0.3, -0.25) is 0 Å². The van der Waals surface area contributed by atoms with Crippen molar-refractivity contribution in [1.82, 2.24) is 8.75 Å². The third-order valence-electron chi connectivity index (χ3n) is 3.02. The third-order valence-corrected chi connectivity index (χ3v) is 3.55. The highest BCUT2D eigenvalue weighted by atomic mass is 32.1. The Morgan fingerprint density at radius 2 is 1.18 bits per heavy atom. The van der Waals surface area contributed by atoms with E-state index >= 15 is 0 Å². The molecule has 2 rings (SSSR count). The second kappa shape index (κ2) is 4.14. The molecule has 0 unspecified atom stereocenters. The van der Waals surface area contributed by atoms with Gasteiger partial charge >= 0.3 is 0 Å². The SMILES string of the molecule is CC(C)c1c(N)c(N)c(C(C)C)c2nsnc12. The van der Waals surface area contributed by atoms with Gasteiger partial charge in [0, 0.05) is 11.1 Å². The van der Waals surface area contributed by atoms with E-state index in [1.54, 1.807) is 0 Å². The quantitative estimate of drug-likeness (QED) is 0.803. The molecule has 4 nitrogen and oxygen atoms in total. The summed E-state index contributed by atoms with van der Waals surface area (Å²) in [5, 5.41) is 0. The summed E-state index contributed by atoms with van der Waals surface area (Å²) >= 11 is 1.22. The summed E-state index contributed by atoms with van der Waals surface area (Å²) < 4.78 is 8.76. The van der Waals surface area contributed by atoms with Crippen LogP contribution in [0, 0.1) is 0 Å². The molecule has 2 aromatic rings. The topological polar surface area (TPSA) is 77.8 Å². The summed E-state index contributed by atoms with van der Waals surface area (Å²) in [4.78, 5) is 0. The molecule has 0 spiro atoms. The molecule has 0 amide bonds. The van der Waals surface area contributed by atoms with Crippen LogP contribution in [0.2, 0.25) is 0 Å². The van der Waals surface area contributed by atoms with Crippen molar-refractivity contribution in [2.45, 2.75) is 39.5 Å². The Kier molecular flexibility index (Phi) is 2.95. The van der Waals surface area contributed by atoms with E-state index < -0.39 is 0 Å². The Labute approximate surface area is 105 Å². The van der Waals surface area contributed by atoms with Crippen molar-refractivity contribution in [2.75, 3.05) is 11.5 Å². The van der Waals surface area contributed by atoms with Crippen LogP contribution >= 0.6 is 11.7 Å². The van der Waals surface area contributed by atoms with Crippen LogP contribution in [0.15, 0.2) is 0 Å². The summed E-state index contributed by atoms with van der Waals surface area (Å²) in [6.07, 6.45) is 0. The summed E-state index contributed by atoms with van der Waals surface area (Å²) in [7, 11) is 0. The summed E-state index contributed by atoms with van der Waals surface area (Å²) in [5.74, 6) is 0.592. The Morgan fingerprint density at radius 3 is 1.47 bits per heavy atom. The average Bonchev–Trinajstić information content (AvgIpc) is 2.66. The lowest BCUT2D eigenvalue weighted by Gasteiger charge is -2.18. The van der Waals surface area contributed by atoms with E-state index in [4.69, 9.17) is 11.5 Å². The van der Waals surface area contributed by atoms with Gasteiger partial charge in [0.25, 0.3) is 0 Å². The van der Waals surface area contributed by atoms with Crippen LogP contribution in [0.5, 0.6) is 0 Å². The molecule has 0 aliphatic carbocycles. The first-order valence-electron chi connectivity index (χ1n) is 5.78. The Bertz CT molecular complexity index is 509. The predicted molar refractivity (Wildman–Crippen MR) is 74.4 cm³/mol. The molecule has 17 heavy (non-hydrogen) atoms. The normalized spacial score (nSPS) is 11.9. The van der Waals surface area contributed by atoms with Crippen molar-refractivity contribution in [2.24, 2.45) is 0 Å². The number of fused-ring (bicyclic) bond motifs is 1. The molecule has 0 saturated heterocycles. The molecule has 0 fully saturated rings. The molecule has 0 aliphatic heterocycles. The Morgan fingerprint density at radius 1 is 0.824 bits per heavy atom. The number of rotatable bonds is 2. The minimum absolute atomic E-state index is 0.296. The molecule has 0 aliphatic rings. The van der Waals surface area contributed by atoms with Crippen molar-refractivity contribution in [3.05, 3.63) is 11.1 Å². The standard InChI is InChI=1S/C12H18N4S/c1-5(2)7-9(13)10(14)8(6(3)4)12-11(7)15-17-16-12/h5-6H,13-14H2,1-4H3. The molecule has 5 heteroatoms. The molecule has 0 atom stereocenters. The van der Waals surface area contributed by atoms with Gasteiger partial charge in [-0.05, 0) is 11.8 Å². The van der Waals surface area contributed by atoms with Crippen molar-refractivity contribution in [3.8, 4) is 0 Å². The summed E-state index contributed by atoms with van der Waals surface area (Å²) in [5.41, 5.74) is 17.5. The van der Waals surface area contributed by atoms with Crippen LogP contribution in [0.4, 0.5) is 11.4 Å². The van der Waals surface area contributed by atoms with Crippen LogP contribution in [0.1, 0.15) is 50.7 Å². The zero-order valence-electron chi connectivity index (χ0n) is 10.6. The minimum Gasteiger partial charge on any atom is -0.397 e. The zero-order valence-corrected chi connectivity index (χ0v) is 11.4. The smallest absolute Gasteiger partial charge is 0.110 e. The van der Waals surface area contributed by atoms with E-state index in [0.717, 1.165) is 22.2 Å². The van der Waals surface area contributed by atoms with Crippen LogP contribution in [-0.2, 0) is 0 Å². The van der Waals surface area contributed by atoms with E-state index in [2.05, 4.69) is 36.4 Å². The van der Waals surface area contributed by atoms with Crippen LogP contribution < -0.4 is 11.5 Å². The van der Waals surface area contributed by atoms with Gasteiger partial charge in [0.2, 0.25) is 0 Å². The number of nitrogen functional groups attached to an aromatic ring is 2. The third kappa shape index (κ3) is 1.74. The fourth-order valence-electron chi connectivity index (χ4n) is 2.26. The van der Waals surface area contributed by atoms with Crippen LogP contribution in [-0.4, -0.2) is 8.75 Å². The largest absolute Gasteiger partial charge is 0.397 e. The van der Waals surface area contributed by atoms with Crippen molar-refractivity contribution >= 4 is 34.1 Å². The molecule has 1 aromatic carbocycles. The van der Waals surface area contributed by atoms with Crippen molar-refractivity contribution < 1.29 is 0 Å². The first-order valence-corrected chi connectivity index (χ1v) is 6.51. The van der Waals surface area contributed by atoms with Gasteiger partial charge < -0.3 is 11.5 Å². The highest BCUT2D eigenvalue weighted by molar-refractivity contribution is 7.00. The molecule has 0 radical (unpaired) electrons. The lowest BCUT2D eigenvalue weighted by Crippen LogP contribution is -2.07. The van der Waals surface area contributed by atoms with Gasteiger partial charge in [-0.1, -0.05) is 27.7 Å². The lowest BCUT2D eigenvalue weighted by atomic mass is 9.91. The molecule has 92 valence electrons. The first-order chi connectivity index (χ1) is 7.95. The maximum Gasteiger partial charge on any atom is 0.110 e. The van der Waals surface area contributed by atoms with E-state index in [9.17, 15) is 0 Å². The van der Waals surface area contributed by atoms with E-state index in [1.165, 1.54) is 11.7 Å². The van der Waals surface area contributed by atoms with E-state index in [0.29, 0.717) is 23.2 Å². The number of benzene rings is 1. The van der Waals surface area contributed by atoms with Crippen LogP contribution in [0.3, 0.4) is 0 Å². The molecule has 1 heterocycles. The van der Waals surface area contributed by atoms with E-state index in [-0.39, 0.29) is 0 Å². The van der Waals surface area contributed by atoms with Gasteiger partial charge in [0.05, 0.1) is 23.1 Å². The molecule has 4 N–H and O–H groups in total. The minimum atomic E-state index is 0.296. The highest BCUT2D eigenvalue weighted by Gasteiger charge is 2.22.